The maximum atomic E-state index is 12.5. The summed E-state index contributed by atoms with van der Waals surface area (Å²) in [5.74, 6) is 0.618. The molecule has 0 spiro atoms. The molecule has 2 aromatic heterocycles. The summed E-state index contributed by atoms with van der Waals surface area (Å²) in [5.41, 5.74) is 0.434. The number of rotatable bonds is 7. The van der Waals surface area contributed by atoms with Crippen LogP contribution in [0.15, 0.2) is 11.7 Å². The van der Waals surface area contributed by atoms with Crippen molar-refractivity contribution in [1.82, 2.24) is 30.4 Å². The number of nitrogens with zero attached hydrogens (tertiary/aromatic N) is 4. The standard InChI is InChI=1S/C18H27N7O2S/c1-11(2)25-10-21-24-15(25)8-20-16(26)12-4-6-13(7-5-12)22-17(27)14-9-28-18(19-3)23-14/h9-13H,4-8H2,1-3H3,(H,19,23)(H,20,26)(H,22,27). The van der Waals surface area contributed by atoms with Gasteiger partial charge in [-0.1, -0.05) is 0 Å². The topological polar surface area (TPSA) is 114 Å². The first-order valence-corrected chi connectivity index (χ1v) is 10.5. The van der Waals surface area contributed by atoms with Gasteiger partial charge in [0.15, 0.2) is 11.0 Å². The number of thiazole rings is 1. The van der Waals surface area contributed by atoms with E-state index in [1.54, 1.807) is 18.8 Å². The van der Waals surface area contributed by atoms with E-state index >= 15 is 0 Å². The van der Waals surface area contributed by atoms with Gasteiger partial charge in [-0.2, -0.15) is 0 Å². The van der Waals surface area contributed by atoms with Gasteiger partial charge in [-0.25, -0.2) is 4.98 Å². The first-order chi connectivity index (χ1) is 13.5. The van der Waals surface area contributed by atoms with Crippen molar-refractivity contribution in [2.45, 2.75) is 58.2 Å². The molecule has 0 bridgehead atoms. The molecule has 0 aromatic carbocycles. The summed E-state index contributed by atoms with van der Waals surface area (Å²) >= 11 is 1.40. The minimum absolute atomic E-state index is 0.0289. The Morgan fingerprint density at radius 2 is 2.04 bits per heavy atom. The quantitative estimate of drug-likeness (QED) is 0.649. The van der Waals surface area contributed by atoms with Gasteiger partial charge in [0.1, 0.15) is 12.0 Å². The third kappa shape index (κ3) is 4.86. The number of aromatic nitrogens is 4. The molecule has 0 saturated heterocycles. The lowest BCUT2D eigenvalue weighted by Gasteiger charge is -2.28. The first kappa shape index (κ1) is 20.2. The zero-order valence-corrected chi connectivity index (χ0v) is 17.3. The Labute approximate surface area is 168 Å². The first-order valence-electron chi connectivity index (χ1n) is 9.58. The van der Waals surface area contributed by atoms with Gasteiger partial charge < -0.3 is 20.5 Å². The molecule has 0 aliphatic heterocycles. The largest absolute Gasteiger partial charge is 0.365 e. The molecule has 152 valence electrons. The predicted octanol–water partition coefficient (Wildman–Crippen LogP) is 1.96. The Morgan fingerprint density at radius 1 is 1.29 bits per heavy atom. The van der Waals surface area contributed by atoms with Crippen LogP contribution in [0.4, 0.5) is 5.13 Å². The summed E-state index contributed by atoms with van der Waals surface area (Å²) in [6, 6.07) is 0.336. The molecule has 2 aromatic rings. The lowest BCUT2D eigenvalue weighted by atomic mass is 9.85. The van der Waals surface area contributed by atoms with E-state index in [0.717, 1.165) is 36.6 Å². The van der Waals surface area contributed by atoms with Crippen LogP contribution in [0.3, 0.4) is 0 Å². The molecule has 9 nitrogen and oxygen atoms in total. The molecule has 2 amide bonds. The summed E-state index contributed by atoms with van der Waals surface area (Å²) in [4.78, 5) is 29.0. The maximum absolute atomic E-state index is 12.5. The number of anilines is 1. The van der Waals surface area contributed by atoms with E-state index in [9.17, 15) is 9.59 Å². The van der Waals surface area contributed by atoms with Crippen LogP contribution < -0.4 is 16.0 Å². The maximum Gasteiger partial charge on any atom is 0.271 e. The fourth-order valence-corrected chi connectivity index (χ4v) is 4.04. The summed E-state index contributed by atoms with van der Waals surface area (Å²) < 4.78 is 1.95. The van der Waals surface area contributed by atoms with E-state index in [1.165, 1.54) is 11.3 Å². The minimum atomic E-state index is -0.154. The van der Waals surface area contributed by atoms with Crippen LogP contribution in [0.5, 0.6) is 0 Å². The predicted molar refractivity (Wildman–Crippen MR) is 107 cm³/mol. The van der Waals surface area contributed by atoms with Crippen LogP contribution in [0.1, 0.15) is 61.9 Å². The van der Waals surface area contributed by atoms with Crippen molar-refractivity contribution in [1.29, 1.82) is 0 Å². The van der Waals surface area contributed by atoms with Crippen molar-refractivity contribution in [3.05, 3.63) is 23.2 Å². The van der Waals surface area contributed by atoms with Crippen LogP contribution >= 0.6 is 11.3 Å². The second-order valence-corrected chi connectivity index (χ2v) is 8.13. The number of carbonyl (C=O) groups excluding carboxylic acids is 2. The lowest BCUT2D eigenvalue weighted by molar-refractivity contribution is -0.126. The number of nitrogens with one attached hydrogen (secondary N) is 3. The van der Waals surface area contributed by atoms with Crippen molar-refractivity contribution in [3.8, 4) is 0 Å². The summed E-state index contributed by atoms with van der Waals surface area (Å²) in [7, 11) is 1.78. The van der Waals surface area contributed by atoms with E-state index in [-0.39, 0.29) is 29.8 Å². The molecule has 28 heavy (non-hydrogen) atoms. The third-order valence-electron chi connectivity index (χ3n) is 5.01. The molecular formula is C18H27N7O2S. The monoisotopic (exact) mass is 405 g/mol. The van der Waals surface area contributed by atoms with Crippen molar-refractivity contribution in [2.75, 3.05) is 12.4 Å². The lowest BCUT2D eigenvalue weighted by Crippen LogP contribution is -2.41. The zero-order chi connectivity index (χ0) is 20.1. The average Bonchev–Trinajstić information content (AvgIpc) is 3.36. The molecule has 1 aliphatic carbocycles. The second-order valence-electron chi connectivity index (χ2n) is 7.28. The molecule has 0 radical (unpaired) electrons. The van der Waals surface area contributed by atoms with Crippen LogP contribution in [-0.2, 0) is 11.3 Å². The van der Waals surface area contributed by atoms with Crippen molar-refractivity contribution in [3.63, 3.8) is 0 Å². The van der Waals surface area contributed by atoms with Gasteiger partial charge in [-0.15, -0.1) is 21.5 Å². The van der Waals surface area contributed by atoms with Crippen molar-refractivity contribution < 1.29 is 9.59 Å². The minimum Gasteiger partial charge on any atom is -0.365 e. The number of hydrogen-bond acceptors (Lipinski definition) is 7. The van der Waals surface area contributed by atoms with Gasteiger partial charge in [0.25, 0.3) is 5.91 Å². The molecule has 1 saturated carbocycles. The highest BCUT2D eigenvalue weighted by molar-refractivity contribution is 7.13. The van der Waals surface area contributed by atoms with Gasteiger partial charge in [-0.3, -0.25) is 9.59 Å². The van der Waals surface area contributed by atoms with Crippen LogP contribution in [0.2, 0.25) is 0 Å². The molecule has 0 unspecified atom stereocenters. The van der Waals surface area contributed by atoms with Gasteiger partial charge in [0, 0.05) is 30.4 Å². The Balaban J connectivity index is 1.43. The van der Waals surface area contributed by atoms with Crippen molar-refractivity contribution >= 4 is 28.3 Å². The molecule has 1 aliphatic rings. The van der Waals surface area contributed by atoms with E-state index in [0.29, 0.717) is 12.2 Å². The molecule has 10 heteroatoms. The van der Waals surface area contributed by atoms with Gasteiger partial charge in [0.2, 0.25) is 5.91 Å². The smallest absolute Gasteiger partial charge is 0.271 e. The molecule has 1 fully saturated rings. The van der Waals surface area contributed by atoms with Gasteiger partial charge in [-0.05, 0) is 39.5 Å². The summed E-state index contributed by atoms with van der Waals surface area (Å²) in [6.45, 7) is 4.48. The Hall–Kier alpha value is -2.49. The number of hydrogen-bond donors (Lipinski definition) is 3. The van der Waals surface area contributed by atoms with Crippen molar-refractivity contribution in [2.24, 2.45) is 5.92 Å². The molecule has 2 heterocycles. The highest BCUT2D eigenvalue weighted by Crippen LogP contribution is 2.25. The van der Waals surface area contributed by atoms with Crippen LogP contribution in [0, 0.1) is 5.92 Å². The highest BCUT2D eigenvalue weighted by atomic mass is 32.1. The fourth-order valence-electron chi connectivity index (χ4n) is 3.39. The van der Waals surface area contributed by atoms with E-state index < -0.39 is 0 Å². The summed E-state index contributed by atoms with van der Waals surface area (Å²) in [5, 5.41) is 19.4. The van der Waals surface area contributed by atoms with E-state index in [4.69, 9.17) is 0 Å². The van der Waals surface area contributed by atoms with Gasteiger partial charge in [0.05, 0.1) is 6.54 Å². The zero-order valence-electron chi connectivity index (χ0n) is 16.4. The average molecular weight is 406 g/mol. The molecule has 3 rings (SSSR count). The molecular weight excluding hydrogens is 378 g/mol. The van der Waals surface area contributed by atoms with Gasteiger partial charge >= 0.3 is 0 Å². The number of carbonyl (C=O) groups is 2. The Morgan fingerprint density at radius 3 is 2.68 bits per heavy atom. The Kier molecular flexibility index (Phi) is 6.61. The molecule has 0 atom stereocenters. The third-order valence-corrected chi connectivity index (χ3v) is 5.87. The number of amides is 2. The van der Waals surface area contributed by atoms with Crippen LogP contribution in [0.25, 0.3) is 0 Å². The normalized spacial score (nSPS) is 19.4. The van der Waals surface area contributed by atoms with E-state index in [2.05, 4.69) is 45.0 Å². The fraction of sp³-hybridized carbons (Fsp3) is 0.611. The molecule has 3 N–H and O–H groups in total. The SMILES string of the molecule is CNc1nc(C(=O)NC2CCC(C(=O)NCc3nncn3C(C)C)CC2)cs1. The highest BCUT2D eigenvalue weighted by Gasteiger charge is 2.27. The van der Waals surface area contributed by atoms with E-state index in [1.807, 2.05) is 4.57 Å². The van der Waals surface area contributed by atoms with Crippen LogP contribution in [-0.4, -0.2) is 44.7 Å². The summed E-state index contributed by atoms with van der Waals surface area (Å²) in [6.07, 6.45) is 4.77. The Bertz CT molecular complexity index is 808. The second kappa shape index (κ2) is 9.13.